The molecule has 1 atom stereocenters. The first-order chi connectivity index (χ1) is 15.6. The van der Waals surface area contributed by atoms with Gasteiger partial charge >= 0.3 is 6.09 Å². The minimum absolute atomic E-state index is 0.172. The van der Waals surface area contributed by atoms with E-state index in [0.29, 0.717) is 25.9 Å². The number of likely N-dealkylation sites (tertiary alicyclic amines) is 1. The lowest BCUT2D eigenvalue weighted by atomic mass is 9.78. The molecule has 1 aromatic heterocycles. The summed E-state index contributed by atoms with van der Waals surface area (Å²) in [6, 6.07) is 2.21. The fraction of sp³-hybridized carbons (Fsp3) is 0.667. The van der Waals surface area contributed by atoms with Gasteiger partial charge in [0.25, 0.3) is 0 Å². The molecule has 174 valence electrons. The summed E-state index contributed by atoms with van der Waals surface area (Å²) in [5, 5.41) is 0. The number of piperazine rings is 1. The predicted octanol–water partition coefficient (Wildman–Crippen LogP) is 3.16. The lowest BCUT2D eigenvalue weighted by Crippen LogP contribution is -2.58. The second-order valence-electron chi connectivity index (χ2n) is 9.55. The molecule has 5 rings (SSSR count). The third-order valence-electron chi connectivity index (χ3n) is 7.53. The van der Waals surface area contributed by atoms with Crippen molar-refractivity contribution in [2.24, 2.45) is 5.41 Å². The molecular formula is C24H33FN4O3. The van der Waals surface area contributed by atoms with Gasteiger partial charge in [-0.3, -0.25) is 9.88 Å². The fourth-order valence-corrected chi connectivity index (χ4v) is 5.87. The second-order valence-corrected chi connectivity index (χ2v) is 9.55. The molecule has 3 aliphatic heterocycles. The van der Waals surface area contributed by atoms with Crippen LogP contribution in [0.3, 0.4) is 0 Å². The Morgan fingerprint density at radius 3 is 2.84 bits per heavy atom. The molecule has 4 aliphatic rings. The summed E-state index contributed by atoms with van der Waals surface area (Å²) in [6.07, 6.45) is 7.56. The number of ether oxygens (including phenoxy) is 2. The Bertz CT molecular complexity index is 878. The third-order valence-corrected chi connectivity index (χ3v) is 7.53. The molecular weight excluding hydrogens is 411 g/mol. The van der Waals surface area contributed by atoms with Crippen LogP contribution in [0.15, 0.2) is 18.3 Å². The van der Waals surface area contributed by atoms with Gasteiger partial charge in [-0.05, 0) is 38.2 Å². The predicted molar refractivity (Wildman–Crippen MR) is 120 cm³/mol. The zero-order valence-electron chi connectivity index (χ0n) is 18.9. The van der Waals surface area contributed by atoms with Gasteiger partial charge in [-0.2, -0.15) is 0 Å². The summed E-state index contributed by atoms with van der Waals surface area (Å²) in [5.41, 5.74) is 3.24. The fourth-order valence-electron chi connectivity index (χ4n) is 5.87. The van der Waals surface area contributed by atoms with E-state index in [4.69, 9.17) is 9.47 Å². The molecule has 0 unspecified atom stereocenters. The maximum atomic E-state index is 14.1. The average Bonchev–Trinajstić information content (AvgIpc) is 3.25. The van der Waals surface area contributed by atoms with E-state index in [2.05, 4.69) is 20.9 Å². The minimum atomic E-state index is -0.285. The maximum absolute atomic E-state index is 14.1. The van der Waals surface area contributed by atoms with E-state index < -0.39 is 0 Å². The van der Waals surface area contributed by atoms with Gasteiger partial charge in [-0.25, -0.2) is 9.18 Å². The van der Waals surface area contributed by atoms with Crippen LogP contribution in [0.5, 0.6) is 0 Å². The van der Waals surface area contributed by atoms with Crippen molar-refractivity contribution in [2.75, 3.05) is 64.0 Å². The number of nitrogens with zero attached hydrogens (tertiary/aromatic N) is 4. The highest BCUT2D eigenvalue weighted by atomic mass is 19.1. The molecule has 0 bridgehead atoms. The summed E-state index contributed by atoms with van der Waals surface area (Å²) in [6.45, 7) is 8.93. The van der Waals surface area contributed by atoms with Crippen LogP contribution in [-0.2, 0) is 9.47 Å². The Morgan fingerprint density at radius 2 is 2.12 bits per heavy atom. The Kier molecular flexibility index (Phi) is 6.07. The van der Waals surface area contributed by atoms with Crippen molar-refractivity contribution in [1.82, 2.24) is 14.8 Å². The highest BCUT2D eigenvalue weighted by molar-refractivity contribution is 5.74. The highest BCUT2D eigenvalue weighted by Crippen LogP contribution is 2.47. The van der Waals surface area contributed by atoms with Crippen LogP contribution in [0.1, 0.15) is 38.3 Å². The summed E-state index contributed by atoms with van der Waals surface area (Å²) in [7, 11) is 0. The number of pyridine rings is 1. The first-order valence-electron chi connectivity index (χ1n) is 11.9. The van der Waals surface area contributed by atoms with Crippen LogP contribution < -0.4 is 4.90 Å². The van der Waals surface area contributed by atoms with E-state index in [0.717, 1.165) is 69.1 Å². The standard InChI is InChI=1S/C24H33FN4O3/c1-2-32-23(30)29-16-24(17-29)6-3-20(14-24)27-7-9-28(10-8-27)21-13-19(25)15-26-22(21)18-4-11-31-12-5-18/h4,13,15,20H,2-3,5-12,14,16-17H2,1H3/t20-/m1/s1. The van der Waals surface area contributed by atoms with E-state index >= 15 is 0 Å². The zero-order chi connectivity index (χ0) is 22.1. The molecule has 3 fully saturated rings. The van der Waals surface area contributed by atoms with Crippen molar-refractivity contribution in [2.45, 2.75) is 38.6 Å². The molecule has 0 N–H and O–H groups in total. The van der Waals surface area contributed by atoms with Crippen LogP contribution in [0, 0.1) is 11.2 Å². The molecule has 1 aromatic rings. The van der Waals surface area contributed by atoms with E-state index in [1.807, 2.05) is 11.8 Å². The molecule has 0 radical (unpaired) electrons. The molecule has 1 aliphatic carbocycles. The van der Waals surface area contributed by atoms with Gasteiger partial charge < -0.3 is 19.3 Å². The van der Waals surface area contributed by atoms with Crippen LogP contribution >= 0.6 is 0 Å². The topological polar surface area (TPSA) is 58.1 Å². The first-order valence-corrected chi connectivity index (χ1v) is 11.9. The molecule has 1 saturated carbocycles. The molecule has 32 heavy (non-hydrogen) atoms. The minimum Gasteiger partial charge on any atom is -0.450 e. The number of aromatic nitrogens is 1. The van der Waals surface area contributed by atoms with Gasteiger partial charge in [0.15, 0.2) is 0 Å². The Labute approximate surface area is 189 Å². The maximum Gasteiger partial charge on any atom is 0.409 e. The quantitative estimate of drug-likeness (QED) is 0.711. The number of carbonyl (C=O) groups excluding carboxylic acids is 1. The van der Waals surface area contributed by atoms with Gasteiger partial charge in [0.05, 0.1) is 37.4 Å². The summed E-state index contributed by atoms with van der Waals surface area (Å²) in [5.74, 6) is -0.285. The molecule has 1 spiro atoms. The average molecular weight is 445 g/mol. The van der Waals surface area contributed by atoms with Crippen LogP contribution in [0.2, 0.25) is 0 Å². The van der Waals surface area contributed by atoms with Gasteiger partial charge in [0.2, 0.25) is 0 Å². The number of amides is 1. The monoisotopic (exact) mass is 444 g/mol. The van der Waals surface area contributed by atoms with Crippen molar-refractivity contribution in [1.29, 1.82) is 0 Å². The third kappa shape index (κ3) is 4.22. The van der Waals surface area contributed by atoms with Gasteiger partial charge in [0, 0.05) is 56.8 Å². The van der Waals surface area contributed by atoms with Crippen molar-refractivity contribution < 1.29 is 18.7 Å². The van der Waals surface area contributed by atoms with Crippen LogP contribution in [0.4, 0.5) is 14.9 Å². The van der Waals surface area contributed by atoms with Gasteiger partial charge in [0.1, 0.15) is 5.82 Å². The van der Waals surface area contributed by atoms with E-state index in [1.165, 1.54) is 19.0 Å². The van der Waals surface area contributed by atoms with Crippen LogP contribution in [-0.4, -0.2) is 86.0 Å². The van der Waals surface area contributed by atoms with Crippen molar-refractivity contribution in [3.8, 4) is 0 Å². The summed E-state index contributed by atoms with van der Waals surface area (Å²) in [4.78, 5) is 23.1. The van der Waals surface area contributed by atoms with Crippen molar-refractivity contribution >= 4 is 17.4 Å². The zero-order valence-corrected chi connectivity index (χ0v) is 18.9. The molecule has 0 aromatic carbocycles. The van der Waals surface area contributed by atoms with Gasteiger partial charge in [-0.1, -0.05) is 6.08 Å². The lowest BCUT2D eigenvalue weighted by molar-refractivity contribution is -0.00294. The Hall–Kier alpha value is -2.19. The Balaban J connectivity index is 1.19. The normalized spacial score (nSPS) is 25.6. The number of anilines is 1. The smallest absolute Gasteiger partial charge is 0.409 e. The summed E-state index contributed by atoms with van der Waals surface area (Å²) >= 11 is 0. The van der Waals surface area contributed by atoms with Gasteiger partial charge in [-0.15, -0.1) is 0 Å². The number of halogens is 1. The van der Waals surface area contributed by atoms with Crippen molar-refractivity contribution in [3.63, 3.8) is 0 Å². The number of rotatable bonds is 4. The van der Waals surface area contributed by atoms with Crippen molar-refractivity contribution in [3.05, 3.63) is 29.9 Å². The molecule has 7 nitrogen and oxygen atoms in total. The molecule has 2 saturated heterocycles. The number of hydrogen-bond acceptors (Lipinski definition) is 6. The van der Waals surface area contributed by atoms with E-state index in [1.54, 1.807) is 6.07 Å². The van der Waals surface area contributed by atoms with E-state index in [9.17, 15) is 9.18 Å². The number of hydrogen-bond donors (Lipinski definition) is 0. The lowest BCUT2D eigenvalue weighted by Gasteiger charge is -2.48. The number of carbonyl (C=O) groups is 1. The molecule has 1 amide bonds. The van der Waals surface area contributed by atoms with Crippen LogP contribution in [0.25, 0.3) is 5.57 Å². The Morgan fingerprint density at radius 1 is 1.31 bits per heavy atom. The molecule has 8 heteroatoms. The first kappa shape index (κ1) is 21.6. The highest BCUT2D eigenvalue weighted by Gasteiger charge is 2.51. The van der Waals surface area contributed by atoms with E-state index in [-0.39, 0.29) is 17.3 Å². The summed E-state index contributed by atoms with van der Waals surface area (Å²) < 4.78 is 24.7. The largest absolute Gasteiger partial charge is 0.450 e. The SMILES string of the molecule is CCOC(=O)N1CC2(CC[C@@H](N3CCN(c4cc(F)cnc4C4=CCOCC4)CC3)C2)C1. The second kappa shape index (κ2) is 8.98. The molecule has 4 heterocycles.